The smallest absolute Gasteiger partial charge is 0.135 e. The number of fused-ring (bicyclic) bond motifs is 6. The van der Waals surface area contributed by atoms with Crippen LogP contribution in [0.15, 0.2) is 277 Å². The number of rotatable bonds is 9. The lowest BCUT2D eigenvalue weighted by Crippen LogP contribution is -2.28. The molecule has 0 spiro atoms. The molecule has 0 saturated heterocycles. The summed E-state index contributed by atoms with van der Waals surface area (Å²) in [5.74, 6) is 0.00964. The second-order valence-electron chi connectivity index (χ2n) is 18.3. The van der Waals surface area contributed by atoms with E-state index in [4.69, 9.17) is 4.42 Å². The minimum atomic E-state index is -0.407. The maximum absolute atomic E-state index is 6.16. The fraction of sp³-hybridized carbons (Fsp3) is 0.0294. The van der Waals surface area contributed by atoms with Crippen LogP contribution in [0.2, 0.25) is 0 Å². The molecule has 12 aromatic rings. The zero-order valence-electron chi connectivity index (χ0n) is 38.0. The molecule has 1 aromatic heterocycles. The summed E-state index contributed by atoms with van der Waals surface area (Å²) in [5.41, 5.74) is 22.5. The first kappa shape index (κ1) is 40.5. The van der Waals surface area contributed by atoms with Crippen LogP contribution in [0.1, 0.15) is 44.9 Å². The van der Waals surface area contributed by atoms with Gasteiger partial charge in [-0.1, -0.05) is 249 Å². The van der Waals surface area contributed by atoms with Gasteiger partial charge in [0.1, 0.15) is 11.2 Å². The van der Waals surface area contributed by atoms with Crippen molar-refractivity contribution in [3.63, 3.8) is 0 Å². The Labute approximate surface area is 403 Å². The third-order valence-corrected chi connectivity index (χ3v) is 14.5. The SMILES string of the molecule is c1ccc(-c2cccc(C(c3ccc(-c4ccc5oc6ccccc6c5c4)cc3)c3cccc(-c4ccc(-c5ccc6c(c5)-c5ccccc5C6(c5ccccc5)c5ccccc5)cc4)c3)c2)cc1. The molecule has 0 fully saturated rings. The van der Waals surface area contributed by atoms with E-state index in [9.17, 15) is 0 Å². The maximum Gasteiger partial charge on any atom is 0.135 e. The predicted octanol–water partition coefficient (Wildman–Crippen LogP) is 17.8. The van der Waals surface area contributed by atoms with Crippen molar-refractivity contribution in [2.75, 3.05) is 0 Å². The third-order valence-electron chi connectivity index (χ3n) is 14.5. The molecule has 324 valence electrons. The van der Waals surface area contributed by atoms with Gasteiger partial charge in [-0.3, -0.25) is 0 Å². The van der Waals surface area contributed by atoms with Crippen molar-refractivity contribution < 1.29 is 4.42 Å². The highest BCUT2D eigenvalue weighted by Gasteiger charge is 2.46. The van der Waals surface area contributed by atoms with Gasteiger partial charge >= 0.3 is 0 Å². The van der Waals surface area contributed by atoms with Crippen molar-refractivity contribution in [3.8, 4) is 55.6 Å². The van der Waals surface area contributed by atoms with Crippen molar-refractivity contribution in [1.29, 1.82) is 0 Å². The van der Waals surface area contributed by atoms with Crippen molar-refractivity contribution in [1.82, 2.24) is 0 Å². The summed E-state index contributed by atoms with van der Waals surface area (Å²) < 4.78 is 6.16. The van der Waals surface area contributed by atoms with Crippen molar-refractivity contribution >= 4 is 21.9 Å². The summed E-state index contributed by atoms with van der Waals surface area (Å²) in [6.45, 7) is 0. The Hall–Kier alpha value is -8.78. The van der Waals surface area contributed by atoms with Gasteiger partial charge in [-0.25, -0.2) is 0 Å². The minimum Gasteiger partial charge on any atom is -0.456 e. The molecule has 1 heteroatoms. The molecule has 1 nitrogen and oxygen atoms in total. The number of hydrogen-bond acceptors (Lipinski definition) is 1. The van der Waals surface area contributed by atoms with E-state index in [1.165, 1.54) is 94.6 Å². The Kier molecular flexibility index (Phi) is 9.87. The minimum absolute atomic E-state index is 0.00964. The van der Waals surface area contributed by atoms with Crippen LogP contribution in [0.25, 0.3) is 77.6 Å². The number of hydrogen-bond donors (Lipinski definition) is 0. The van der Waals surface area contributed by atoms with Crippen LogP contribution >= 0.6 is 0 Å². The molecule has 0 amide bonds. The van der Waals surface area contributed by atoms with Gasteiger partial charge in [-0.15, -0.1) is 0 Å². The first-order valence-electron chi connectivity index (χ1n) is 23.9. The quantitative estimate of drug-likeness (QED) is 0.132. The largest absolute Gasteiger partial charge is 0.456 e. The molecule has 1 aliphatic rings. The highest BCUT2D eigenvalue weighted by molar-refractivity contribution is 6.06. The van der Waals surface area contributed by atoms with Crippen LogP contribution < -0.4 is 0 Å². The summed E-state index contributed by atoms with van der Waals surface area (Å²) in [4.78, 5) is 0. The fourth-order valence-electron chi connectivity index (χ4n) is 11.3. The highest BCUT2D eigenvalue weighted by atomic mass is 16.3. The highest BCUT2D eigenvalue weighted by Crippen LogP contribution is 2.56. The standard InChI is InChI=1S/C68H46O/c1-4-16-46(17-5-1)51-18-14-20-55(42-51)67(50-36-34-49(35-37-50)54-39-41-66-62(45-54)60-27-11-13-29-65(60)69-66)56-21-15-19-52(43-56)47-30-32-48(33-31-47)53-38-40-64-61(44-53)59-26-10-12-28-63(59)68(64,57-22-6-2-7-23-57)58-24-8-3-9-25-58/h1-45,67H. The Morgan fingerprint density at radius 1 is 0.261 bits per heavy atom. The molecule has 0 radical (unpaired) electrons. The number of para-hydroxylation sites is 1. The van der Waals surface area contributed by atoms with Crippen molar-refractivity contribution in [2.45, 2.75) is 11.3 Å². The van der Waals surface area contributed by atoms with Gasteiger partial charge in [0.05, 0.1) is 5.41 Å². The Morgan fingerprint density at radius 3 is 1.36 bits per heavy atom. The van der Waals surface area contributed by atoms with E-state index < -0.39 is 5.41 Å². The van der Waals surface area contributed by atoms with Crippen LogP contribution in [0.3, 0.4) is 0 Å². The summed E-state index contributed by atoms with van der Waals surface area (Å²) in [6, 6.07) is 100. The second-order valence-corrected chi connectivity index (χ2v) is 18.3. The van der Waals surface area contributed by atoms with E-state index in [0.717, 1.165) is 21.9 Å². The summed E-state index contributed by atoms with van der Waals surface area (Å²) in [6.07, 6.45) is 0. The van der Waals surface area contributed by atoms with E-state index in [1.807, 2.05) is 12.1 Å². The van der Waals surface area contributed by atoms with Crippen molar-refractivity contribution in [3.05, 3.63) is 312 Å². The van der Waals surface area contributed by atoms with Gasteiger partial charge in [0, 0.05) is 16.7 Å². The van der Waals surface area contributed by atoms with E-state index in [1.54, 1.807) is 0 Å². The normalized spacial score (nSPS) is 13.0. The maximum atomic E-state index is 6.16. The molecule has 11 aromatic carbocycles. The third kappa shape index (κ3) is 6.93. The van der Waals surface area contributed by atoms with E-state index in [0.29, 0.717) is 0 Å². The Balaban J connectivity index is 0.859. The fourth-order valence-corrected chi connectivity index (χ4v) is 11.3. The predicted molar refractivity (Wildman–Crippen MR) is 287 cm³/mol. The molecule has 0 aliphatic heterocycles. The molecule has 13 rings (SSSR count). The lowest BCUT2D eigenvalue weighted by molar-refractivity contribution is 0.669. The molecule has 1 unspecified atom stereocenters. The lowest BCUT2D eigenvalue weighted by Gasteiger charge is -2.33. The van der Waals surface area contributed by atoms with Crippen LogP contribution in [0, 0.1) is 0 Å². The van der Waals surface area contributed by atoms with Gasteiger partial charge in [0.2, 0.25) is 0 Å². The summed E-state index contributed by atoms with van der Waals surface area (Å²) >= 11 is 0. The van der Waals surface area contributed by atoms with Crippen LogP contribution in [0.4, 0.5) is 0 Å². The average Bonchev–Trinajstić information content (AvgIpc) is 3.95. The van der Waals surface area contributed by atoms with E-state index in [2.05, 4.69) is 261 Å². The molecule has 1 atom stereocenters. The molecule has 1 heterocycles. The molecule has 0 bridgehead atoms. The van der Waals surface area contributed by atoms with Gasteiger partial charge < -0.3 is 4.42 Å². The van der Waals surface area contributed by atoms with Gasteiger partial charge in [0.25, 0.3) is 0 Å². The monoisotopic (exact) mass is 878 g/mol. The molecular formula is C68H46O. The summed E-state index contributed by atoms with van der Waals surface area (Å²) in [5, 5.41) is 2.28. The molecular weight excluding hydrogens is 833 g/mol. The average molecular weight is 879 g/mol. The molecule has 69 heavy (non-hydrogen) atoms. The number of furan rings is 1. The van der Waals surface area contributed by atoms with Gasteiger partial charge in [-0.05, 0) is 119 Å². The lowest BCUT2D eigenvalue weighted by atomic mass is 9.67. The van der Waals surface area contributed by atoms with E-state index in [-0.39, 0.29) is 5.92 Å². The molecule has 1 aliphatic carbocycles. The molecule has 0 N–H and O–H groups in total. The zero-order chi connectivity index (χ0) is 45.7. The first-order valence-corrected chi connectivity index (χ1v) is 23.9. The van der Waals surface area contributed by atoms with E-state index >= 15 is 0 Å². The van der Waals surface area contributed by atoms with Crippen LogP contribution in [-0.4, -0.2) is 0 Å². The van der Waals surface area contributed by atoms with Gasteiger partial charge in [0.15, 0.2) is 0 Å². The van der Waals surface area contributed by atoms with Crippen LogP contribution in [0.5, 0.6) is 0 Å². The Bertz CT molecular complexity index is 3770. The molecule has 0 saturated carbocycles. The van der Waals surface area contributed by atoms with Crippen LogP contribution in [-0.2, 0) is 5.41 Å². The summed E-state index contributed by atoms with van der Waals surface area (Å²) in [7, 11) is 0. The first-order chi connectivity index (χ1) is 34.2. The number of benzene rings is 11. The zero-order valence-corrected chi connectivity index (χ0v) is 38.0. The van der Waals surface area contributed by atoms with Crippen molar-refractivity contribution in [2.24, 2.45) is 0 Å². The second kappa shape index (κ2) is 16.8. The van der Waals surface area contributed by atoms with Gasteiger partial charge in [-0.2, -0.15) is 0 Å². The Morgan fingerprint density at radius 2 is 0.710 bits per heavy atom. The topological polar surface area (TPSA) is 13.1 Å².